The smallest absolute Gasteiger partial charge is 0.130 e. The Morgan fingerprint density at radius 2 is 2.24 bits per heavy atom. The fraction of sp³-hybridized carbons (Fsp3) is 0.462. The molecule has 0 spiro atoms. The summed E-state index contributed by atoms with van der Waals surface area (Å²) in [4.78, 5) is 4.23. The second-order valence-corrected chi connectivity index (χ2v) is 4.22. The van der Waals surface area contributed by atoms with E-state index in [-0.39, 0.29) is 6.61 Å². The van der Waals surface area contributed by atoms with Gasteiger partial charge in [-0.2, -0.15) is 0 Å². The molecule has 0 saturated heterocycles. The summed E-state index contributed by atoms with van der Waals surface area (Å²) in [7, 11) is 0. The van der Waals surface area contributed by atoms with Crippen molar-refractivity contribution in [3.63, 3.8) is 0 Å². The van der Waals surface area contributed by atoms with E-state index in [1.807, 2.05) is 32.9 Å². The summed E-state index contributed by atoms with van der Waals surface area (Å²) in [6.45, 7) is 10.3. The second-order valence-electron chi connectivity index (χ2n) is 4.22. The van der Waals surface area contributed by atoms with Crippen LogP contribution < -0.4 is 5.32 Å². The van der Waals surface area contributed by atoms with Gasteiger partial charge in [0.1, 0.15) is 11.4 Å². The largest absolute Gasteiger partial charge is 0.390 e. The van der Waals surface area contributed by atoms with E-state index in [2.05, 4.69) is 16.9 Å². The van der Waals surface area contributed by atoms with Gasteiger partial charge in [-0.25, -0.2) is 4.98 Å². The van der Waals surface area contributed by atoms with Gasteiger partial charge in [0.2, 0.25) is 0 Å². The highest BCUT2D eigenvalue weighted by Gasteiger charge is 2.22. The van der Waals surface area contributed by atoms with Gasteiger partial charge in [0.15, 0.2) is 0 Å². The van der Waals surface area contributed by atoms with E-state index in [4.69, 9.17) is 9.84 Å². The molecule has 17 heavy (non-hydrogen) atoms. The van der Waals surface area contributed by atoms with Crippen molar-refractivity contribution in [1.29, 1.82) is 0 Å². The van der Waals surface area contributed by atoms with Crippen molar-refractivity contribution >= 4 is 5.82 Å². The Morgan fingerprint density at radius 1 is 1.53 bits per heavy atom. The second kappa shape index (κ2) is 5.80. The number of anilines is 1. The van der Waals surface area contributed by atoms with Crippen LogP contribution in [0, 0.1) is 0 Å². The third kappa shape index (κ3) is 3.84. The van der Waals surface area contributed by atoms with Crippen molar-refractivity contribution in [3.05, 3.63) is 36.2 Å². The molecule has 4 nitrogen and oxygen atoms in total. The Labute approximate surface area is 102 Å². The molecule has 0 aromatic carbocycles. The summed E-state index contributed by atoms with van der Waals surface area (Å²) in [5, 5.41) is 12.1. The van der Waals surface area contributed by atoms with Crippen LogP contribution in [0.3, 0.4) is 0 Å². The number of hydrogen-bond acceptors (Lipinski definition) is 4. The SMILES string of the molecule is C=C(Nc1cccc(CO)n1)C(C)(C)OCC. The van der Waals surface area contributed by atoms with Crippen molar-refractivity contribution < 1.29 is 9.84 Å². The topological polar surface area (TPSA) is 54.4 Å². The minimum atomic E-state index is -0.453. The molecular formula is C13H20N2O2. The molecule has 0 aliphatic rings. The zero-order valence-electron chi connectivity index (χ0n) is 10.7. The lowest BCUT2D eigenvalue weighted by molar-refractivity contribution is 0.0204. The van der Waals surface area contributed by atoms with Gasteiger partial charge in [-0.1, -0.05) is 12.6 Å². The molecule has 0 saturated carbocycles. The molecule has 94 valence electrons. The Balaban J connectivity index is 2.73. The molecule has 0 fully saturated rings. The maximum absolute atomic E-state index is 9.00. The Morgan fingerprint density at radius 3 is 2.82 bits per heavy atom. The van der Waals surface area contributed by atoms with Crippen LogP contribution in [0.1, 0.15) is 26.5 Å². The number of ether oxygens (including phenoxy) is 1. The van der Waals surface area contributed by atoms with E-state index in [1.54, 1.807) is 6.07 Å². The Hall–Kier alpha value is -1.39. The molecule has 4 heteroatoms. The van der Waals surface area contributed by atoms with Crippen molar-refractivity contribution in [2.24, 2.45) is 0 Å². The number of rotatable bonds is 6. The zero-order valence-corrected chi connectivity index (χ0v) is 10.7. The number of aliphatic hydroxyl groups excluding tert-OH is 1. The highest BCUT2D eigenvalue weighted by atomic mass is 16.5. The van der Waals surface area contributed by atoms with Crippen LogP contribution in [0.2, 0.25) is 0 Å². The van der Waals surface area contributed by atoms with Crippen LogP contribution in [0.25, 0.3) is 0 Å². The van der Waals surface area contributed by atoms with Crippen molar-refractivity contribution in [2.45, 2.75) is 33.0 Å². The predicted molar refractivity (Wildman–Crippen MR) is 68.6 cm³/mol. The van der Waals surface area contributed by atoms with Crippen molar-refractivity contribution in [3.8, 4) is 0 Å². The summed E-state index contributed by atoms with van der Waals surface area (Å²) in [5.41, 5.74) is 0.907. The van der Waals surface area contributed by atoms with Crippen LogP contribution in [0.15, 0.2) is 30.5 Å². The number of pyridine rings is 1. The van der Waals surface area contributed by atoms with Crippen molar-refractivity contribution in [1.82, 2.24) is 4.98 Å². The van der Waals surface area contributed by atoms with Gasteiger partial charge in [-0.3, -0.25) is 0 Å². The molecule has 0 unspecified atom stereocenters. The molecule has 2 N–H and O–H groups in total. The molecule has 1 aromatic rings. The van der Waals surface area contributed by atoms with Crippen LogP contribution in [-0.2, 0) is 11.3 Å². The van der Waals surface area contributed by atoms with Gasteiger partial charge in [-0.05, 0) is 32.9 Å². The molecule has 0 atom stereocenters. The lowest BCUT2D eigenvalue weighted by atomic mass is 10.1. The Kier molecular flexibility index (Phi) is 4.66. The highest BCUT2D eigenvalue weighted by molar-refractivity contribution is 5.43. The first-order chi connectivity index (χ1) is 7.99. The van der Waals surface area contributed by atoms with Gasteiger partial charge in [0, 0.05) is 12.3 Å². The number of nitrogens with zero attached hydrogens (tertiary/aromatic N) is 1. The van der Waals surface area contributed by atoms with E-state index >= 15 is 0 Å². The number of aromatic nitrogens is 1. The molecule has 0 bridgehead atoms. The number of hydrogen-bond donors (Lipinski definition) is 2. The molecule has 1 rings (SSSR count). The first kappa shape index (κ1) is 13.7. The summed E-state index contributed by atoms with van der Waals surface area (Å²) in [6.07, 6.45) is 0. The average molecular weight is 236 g/mol. The Bertz CT molecular complexity index is 389. The maximum atomic E-state index is 9.00. The van der Waals surface area contributed by atoms with Gasteiger partial charge >= 0.3 is 0 Å². The van der Waals surface area contributed by atoms with Crippen LogP contribution >= 0.6 is 0 Å². The van der Waals surface area contributed by atoms with E-state index in [0.29, 0.717) is 18.1 Å². The first-order valence-corrected chi connectivity index (χ1v) is 5.66. The summed E-state index contributed by atoms with van der Waals surface area (Å²) in [5.74, 6) is 0.661. The molecule has 1 aromatic heterocycles. The minimum Gasteiger partial charge on any atom is -0.390 e. The molecule has 0 radical (unpaired) electrons. The molecular weight excluding hydrogens is 216 g/mol. The lowest BCUT2D eigenvalue weighted by Crippen LogP contribution is -2.30. The van der Waals surface area contributed by atoms with Gasteiger partial charge in [-0.15, -0.1) is 0 Å². The van der Waals surface area contributed by atoms with Crippen LogP contribution in [0.5, 0.6) is 0 Å². The normalized spacial score (nSPS) is 11.3. The lowest BCUT2D eigenvalue weighted by Gasteiger charge is -2.27. The highest BCUT2D eigenvalue weighted by Crippen LogP contribution is 2.20. The third-order valence-electron chi connectivity index (χ3n) is 2.48. The molecule has 0 aliphatic carbocycles. The molecule has 0 aliphatic heterocycles. The summed E-state index contributed by atoms with van der Waals surface area (Å²) < 4.78 is 5.58. The van der Waals surface area contributed by atoms with Gasteiger partial charge in [0.25, 0.3) is 0 Å². The zero-order chi connectivity index (χ0) is 12.9. The summed E-state index contributed by atoms with van der Waals surface area (Å²) >= 11 is 0. The van der Waals surface area contributed by atoms with E-state index in [0.717, 1.165) is 5.70 Å². The fourth-order valence-corrected chi connectivity index (χ4v) is 1.39. The van der Waals surface area contributed by atoms with E-state index in [9.17, 15) is 0 Å². The van der Waals surface area contributed by atoms with Crippen molar-refractivity contribution in [2.75, 3.05) is 11.9 Å². The van der Waals surface area contributed by atoms with Gasteiger partial charge < -0.3 is 15.2 Å². The quantitative estimate of drug-likeness (QED) is 0.796. The average Bonchev–Trinajstić information content (AvgIpc) is 2.29. The minimum absolute atomic E-state index is 0.0726. The van der Waals surface area contributed by atoms with Crippen LogP contribution in [-0.4, -0.2) is 22.3 Å². The fourth-order valence-electron chi connectivity index (χ4n) is 1.39. The maximum Gasteiger partial charge on any atom is 0.130 e. The molecule has 1 heterocycles. The first-order valence-electron chi connectivity index (χ1n) is 5.66. The molecule has 0 amide bonds. The summed E-state index contributed by atoms with van der Waals surface area (Å²) in [6, 6.07) is 5.43. The van der Waals surface area contributed by atoms with Gasteiger partial charge in [0.05, 0.1) is 12.3 Å². The van der Waals surface area contributed by atoms with E-state index in [1.165, 1.54) is 0 Å². The number of aliphatic hydroxyl groups is 1. The van der Waals surface area contributed by atoms with E-state index < -0.39 is 5.60 Å². The third-order valence-corrected chi connectivity index (χ3v) is 2.48. The van der Waals surface area contributed by atoms with Crippen LogP contribution in [0.4, 0.5) is 5.82 Å². The monoisotopic (exact) mass is 236 g/mol. The number of nitrogens with one attached hydrogen (secondary N) is 1. The standard InChI is InChI=1S/C13H20N2O2/c1-5-17-13(3,4)10(2)14-12-8-6-7-11(9-16)15-12/h6-8,16H,2,5,9H2,1,3-4H3,(H,14,15). The predicted octanol–water partition coefficient (Wildman–Crippen LogP) is 2.31.